The fraction of sp³-hybridized carbons (Fsp3) is 0.870. The average Bonchev–Trinajstić information content (AvgIpc) is 2.69. The number of rotatable bonds is 19. The second kappa shape index (κ2) is 18.1. The van der Waals surface area contributed by atoms with Gasteiger partial charge in [0.25, 0.3) is 0 Å². The molecule has 0 aliphatic rings. The van der Waals surface area contributed by atoms with Gasteiger partial charge in [0.05, 0.1) is 7.11 Å². The van der Waals surface area contributed by atoms with E-state index in [4.69, 9.17) is 14.5 Å². The van der Waals surface area contributed by atoms with Crippen LogP contribution in [0.4, 0.5) is 0 Å². The van der Waals surface area contributed by atoms with E-state index in [2.05, 4.69) is 23.8 Å². The second-order valence-corrected chi connectivity index (χ2v) is 7.84. The number of esters is 1. The Hall–Kier alpha value is -0.910. The number of hydrogen-bond donors (Lipinski definition) is 0. The highest BCUT2D eigenvalue weighted by molar-refractivity contribution is 5.68. The van der Waals surface area contributed by atoms with Gasteiger partial charge in [0.1, 0.15) is 6.10 Å². The van der Waals surface area contributed by atoms with E-state index < -0.39 is 5.79 Å². The van der Waals surface area contributed by atoms with E-state index >= 15 is 0 Å². The number of unbranched alkanes of at least 4 members (excludes halogenated alkanes) is 9. The zero-order chi connectivity index (χ0) is 21.1. The van der Waals surface area contributed by atoms with E-state index in [1.807, 2.05) is 13.8 Å². The predicted octanol–water partition coefficient (Wildman–Crippen LogP) is 6.51. The van der Waals surface area contributed by atoms with E-state index in [1.165, 1.54) is 52.1 Å². The topological polar surface area (TPSA) is 54.0 Å². The zero-order valence-electron chi connectivity index (χ0n) is 19.0. The molecule has 0 fully saturated rings. The molecule has 0 bridgehead atoms. The lowest BCUT2D eigenvalue weighted by molar-refractivity contribution is -0.425. The lowest BCUT2D eigenvalue weighted by atomic mass is 10.1. The number of allylic oxidation sites excluding steroid dienone is 1. The van der Waals surface area contributed by atoms with Crippen LogP contribution in [0.15, 0.2) is 12.2 Å². The molecule has 0 aliphatic carbocycles. The molecule has 0 saturated carbocycles. The van der Waals surface area contributed by atoms with Crippen LogP contribution >= 0.6 is 0 Å². The van der Waals surface area contributed by atoms with Crippen molar-refractivity contribution in [1.29, 1.82) is 0 Å². The van der Waals surface area contributed by atoms with Crippen LogP contribution in [0.5, 0.6) is 0 Å². The third-order valence-electron chi connectivity index (χ3n) is 4.79. The highest BCUT2D eigenvalue weighted by Crippen LogP contribution is 2.16. The first-order valence-corrected chi connectivity index (χ1v) is 11.1. The van der Waals surface area contributed by atoms with Crippen LogP contribution in [-0.2, 0) is 24.0 Å². The molecule has 5 nitrogen and oxygen atoms in total. The van der Waals surface area contributed by atoms with Gasteiger partial charge in [-0.3, -0.25) is 4.79 Å². The Morgan fingerprint density at radius 3 is 2.18 bits per heavy atom. The summed E-state index contributed by atoms with van der Waals surface area (Å²) in [4.78, 5) is 22.1. The fourth-order valence-electron chi connectivity index (χ4n) is 2.75. The fourth-order valence-corrected chi connectivity index (χ4v) is 2.75. The zero-order valence-corrected chi connectivity index (χ0v) is 19.0. The van der Waals surface area contributed by atoms with Crippen LogP contribution in [0.3, 0.4) is 0 Å². The van der Waals surface area contributed by atoms with E-state index in [-0.39, 0.29) is 12.1 Å². The molecular formula is C23H44O5. The maximum absolute atomic E-state index is 11.0. The molecular weight excluding hydrogens is 356 g/mol. The minimum atomic E-state index is -0.728. The minimum Gasteiger partial charge on any atom is -0.469 e. The van der Waals surface area contributed by atoms with Gasteiger partial charge in [-0.1, -0.05) is 70.4 Å². The summed E-state index contributed by atoms with van der Waals surface area (Å²) in [5.74, 6) is -0.826. The largest absolute Gasteiger partial charge is 0.469 e. The molecule has 0 radical (unpaired) electrons. The summed E-state index contributed by atoms with van der Waals surface area (Å²) in [5.41, 5.74) is 0. The van der Waals surface area contributed by atoms with Crippen molar-refractivity contribution in [2.45, 2.75) is 116 Å². The van der Waals surface area contributed by atoms with Crippen LogP contribution in [-0.4, -0.2) is 32.1 Å². The smallest absolute Gasteiger partial charge is 0.305 e. The van der Waals surface area contributed by atoms with Crippen LogP contribution in [0, 0.1) is 0 Å². The van der Waals surface area contributed by atoms with Gasteiger partial charge in [0.15, 0.2) is 5.79 Å². The molecule has 0 aliphatic heterocycles. The highest BCUT2D eigenvalue weighted by Gasteiger charge is 2.20. The molecule has 28 heavy (non-hydrogen) atoms. The van der Waals surface area contributed by atoms with Crippen LogP contribution in [0.1, 0.15) is 104 Å². The Labute approximate surface area is 173 Å². The van der Waals surface area contributed by atoms with Crippen molar-refractivity contribution in [2.75, 3.05) is 14.2 Å². The van der Waals surface area contributed by atoms with Crippen molar-refractivity contribution in [3.8, 4) is 0 Å². The molecule has 0 rings (SSSR count). The summed E-state index contributed by atoms with van der Waals surface area (Å²) in [5, 5.41) is 0. The quantitative estimate of drug-likeness (QED) is 0.0618. The predicted molar refractivity (Wildman–Crippen MR) is 114 cm³/mol. The van der Waals surface area contributed by atoms with Crippen molar-refractivity contribution in [2.24, 2.45) is 0 Å². The molecule has 0 heterocycles. The lowest BCUT2D eigenvalue weighted by Crippen LogP contribution is -2.29. The molecule has 0 spiro atoms. The molecule has 0 saturated heterocycles. The molecule has 5 heteroatoms. The highest BCUT2D eigenvalue weighted by atomic mass is 17.2. The van der Waals surface area contributed by atoms with Crippen LogP contribution in [0.2, 0.25) is 0 Å². The maximum atomic E-state index is 11.0. The lowest BCUT2D eigenvalue weighted by Gasteiger charge is -2.24. The normalized spacial score (nSPS) is 13.2. The van der Waals surface area contributed by atoms with Crippen molar-refractivity contribution < 1.29 is 24.0 Å². The first-order valence-electron chi connectivity index (χ1n) is 11.1. The molecule has 0 N–H and O–H groups in total. The van der Waals surface area contributed by atoms with Gasteiger partial charge < -0.3 is 9.47 Å². The standard InChI is InChI=1S/C23H44O5/c1-6-7-15-18-21(27-28-23(2,3)26-5)19-16-13-11-9-8-10-12-14-17-20-22(24)25-4/h16,19,21H,6-15,17-18,20H2,1-5H3/b19-16+/t21-/m0/s1. The summed E-state index contributed by atoms with van der Waals surface area (Å²) in [6, 6.07) is 0. The number of carbonyl (C=O) groups is 1. The van der Waals surface area contributed by atoms with Gasteiger partial charge in [-0.05, 0) is 39.5 Å². The first-order chi connectivity index (χ1) is 13.4. The maximum Gasteiger partial charge on any atom is 0.305 e. The molecule has 0 unspecified atom stereocenters. The van der Waals surface area contributed by atoms with Gasteiger partial charge >= 0.3 is 5.97 Å². The summed E-state index contributed by atoms with van der Waals surface area (Å²) in [6.07, 6.45) is 18.7. The second-order valence-electron chi connectivity index (χ2n) is 7.84. The molecule has 0 aromatic rings. The third kappa shape index (κ3) is 17.2. The summed E-state index contributed by atoms with van der Waals surface area (Å²) >= 11 is 0. The third-order valence-corrected chi connectivity index (χ3v) is 4.79. The molecule has 0 amide bonds. The first kappa shape index (κ1) is 27.1. The monoisotopic (exact) mass is 400 g/mol. The van der Waals surface area contributed by atoms with E-state index in [0.29, 0.717) is 6.42 Å². The molecule has 1 atom stereocenters. The molecule has 166 valence electrons. The number of hydrogen-bond acceptors (Lipinski definition) is 5. The van der Waals surface area contributed by atoms with Gasteiger partial charge in [-0.15, -0.1) is 0 Å². The Bertz CT molecular complexity index is 392. The summed E-state index contributed by atoms with van der Waals surface area (Å²) in [7, 11) is 3.06. The van der Waals surface area contributed by atoms with Crippen molar-refractivity contribution in [3.05, 3.63) is 12.2 Å². The van der Waals surface area contributed by atoms with Gasteiger partial charge in [-0.2, -0.15) is 0 Å². The Balaban J connectivity index is 3.84. The summed E-state index contributed by atoms with van der Waals surface area (Å²) in [6.45, 7) is 5.89. The van der Waals surface area contributed by atoms with Crippen molar-refractivity contribution in [1.82, 2.24) is 0 Å². The average molecular weight is 401 g/mol. The number of carbonyl (C=O) groups excluding carboxylic acids is 1. The van der Waals surface area contributed by atoms with Gasteiger partial charge in [-0.25, -0.2) is 9.78 Å². The Morgan fingerprint density at radius 2 is 1.57 bits per heavy atom. The number of ether oxygens (including phenoxy) is 2. The van der Waals surface area contributed by atoms with Gasteiger partial charge in [0, 0.05) is 13.5 Å². The van der Waals surface area contributed by atoms with Crippen LogP contribution < -0.4 is 0 Å². The summed E-state index contributed by atoms with van der Waals surface area (Å²) < 4.78 is 9.89. The van der Waals surface area contributed by atoms with Crippen molar-refractivity contribution in [3.63, 3.8) is 0 Å². The van der Waals surface area contributed by atoms with E-state index in [9.17, 15) is 4.79 Å². The molecule has 0 aromatic heterocycles. The SMILES string of the molecule is CCCCC[C@@H](/C=C/CCCCCCCCCC(=O)OC)OOC(C)(C)OC. The Morgan fingerprint density at radius 1 is 0.929 bits per heavy atom. The van der Waals surface area contributed by atoms with E-state index in [0.717, 1.165) is 32.1 Å². The van der Waals surface area contributed by atoms with Crippen molar-refractivity contribution >= 4 is 5.97 Å². The molecule has 0 aromatic carbocycles. The van der Waals surface area contributed by atoms with E-state index in [1.54, 1.807) is 7.11 Å². The van der Waals surface area contributed by atoms with Gasteiger partial charge in [0.2, 0.25) is 0 Å². The Kier molecular flexibility index (Phi) is 17.6. The number of methoxy groups -OCH3 is 2. The van der Waals surface area contributed by atoms with Crippen LogP contribution in [0.25, 0.3) is 0 Å². The minimum absolute atomic E-state index is 0.0178.